The Bertz CT molecular complexity index is 1070. The van der Waals surface area contributed by atoms with Crippen LogP contribution in [0.3, 0.4) is 0 Å². The number of ether oxygens (including phenoxy) is 1. The highest BCUT2D eigenvalue weighted by molar-refractivity contribution is 9.10. The topological polar surface area (TPSA) is 60.7 Å². The number of hydrogen-bond donors (Lipinski definition) is 0. The van der Waals surface area contributed by atoms with E-state index in [-0.39, 0.29) is 11.3 Å². The Morgan fingerprint density at radius 1 is 1.23 bits per heavy atom. The second-order valence-electron chi connectivity index (χ2n) is 5.17. The maximum absolute atomic E-state index is 13.8. The average molecular weight is 441 g/mol. The van der Waals surface area contributed by atoms with Crippen LogP contribution in [0.25, 0.3) is 10.2 Å². The van der Waals surface area contributed by atoms with E-state index < -0.39 is 29.1 Å². The molecule has 0 saturated heterocycles. The van der Waals surface area contributed by atoms with Crippen LogP contribution in [0.2, 0.25) is 0 Å². The molecule has 3 aromatic rings. The molecule has 0 aliphatic heterocycles. The minimum absolute atomic E-state index is 0.135. The predicted octanol–water partition coefficient (Wildman–Crippen LogP) is 3.66. The van der Waals surface area contributed by atoms with Gasteiger partial charge in [-0.1, -0.05) is 33.3 Å². The number of esters is 1. The summed E-state index contributed by atoms with van der Waals surface area (Å²) in [5.74, 6) is -3.60. The maximum Gasteiger partial charge on any atom is 0.325 e. The van der Waals surface area contributed by atoms with Crippen molar-refractivity contribution in [2.75, 3.05) is 7.11 Å². The molecule has 0 spiro atoms. The van der Waals surface area contributed by atoms with E-state index in [1.807, 2.05) is 0 Å². The zero-order valence-electron chi connectivity index (χ0n) is 13.3. The van der Waals surface area contributed by atoms with Crippen molar-refractivity contribution >= 4 is 49.4 Å². The van der Waals surface area contributed by atoms with Crippen LogP contribution in [0.1, 0.15) is 10.4 Å². The lowest BCUT2D eigenvalue weighted by Crippen LogP contribution is -2.22. The Hall–Kier alpha value is -2.39. The summed E-state index contributed by atoms with van der Waals surface area (Å²) in [4.78, 5) is 28.0. The lowest BCUT2D eigenvalue weighted by atomic mass is 10.2. The first kappa shape index (κ1) is 18.4. The van der Waals surface area contributed by atoms with Crippen LogP contribution < -0.4 is 4.80 Å². The molecule has 26 heavy (non-hydrogen) atoms. The highest BCUT2D eigenvalue weighted by atomic mass is 79.9. The average Bonchev–Trinajstić information content (AvgIpc) is 2.90. The molecular formula is C17H11BrF2N2O3S. The van der Waals surface area contributed by atoms with Gasteiger partial charge in [-0.15, -0.1) is 0 Å². The van der Waals surface area contributed by atoms with E-state index in [0.717, 1.165) is 38.7 Å². The summed E-state index contributed by atoms with van der Waals surface area (Å²) in [6.07, 6.45) is 0. The van der Waals surface area contributed by atoms with Gasteiger partial charge in [-0.3, -0.25) is 9.59 Å². The van der Waals surface area contributed by atoms with Crippen molar-refractivity contribution in [1.29, 1.82) is 0 Å². The normalized spacial score (nSPS) is 11.8. The van der Waals surface area contributed by atoms with Crippen LogP contribution in [-0.2, 0) is 16.1 Å². The van der Waals surface area contributed by atoms with Gasteiger partial charge in [0.05, 0.1) is 17.3 Å². The molecule has 0 fully saturated rings. The Morgan fingerprint density at radius 3 is 2.58 bits per heavy atom. The zero-order valence-corrected chi connectivity index (χ0v) is 15.7. The first-order valence-corrected chi connectivity index (χ1v) is 8.90. The number of amides is 1. The van der Waals surface area contributed by atoms with Gasteiger partial charge in [0, 0.05) is 4.47 Å². The van der Waals surface area contributed by atoms with Gasteiger partial charge in [0.15, 0.2) is 4.80 Å². The Balaban J connectivity index is 2.19. The van der Waals surface area contributed by atoms with Crippen molar-refractivity contribution in [3.05, 3.63) is 62.9 Å². The number of carbonyl (C=O) groups excluding carboxylic acids is 2. The van der Waals surface area contributed by atoms with Crippen LogP contribution in [0.4, 0.5) is 8.78 Å². The molecule has 3 rings (SSSR count). The van der Waals surface area contributed by atoms with Crippen molar-refractivity contribution in [3.8, 4) is 0 Å². The van der Waals surface area contributed by atoms with Gasteiger partial charge in [0.1, 0.15) is 23.7 Å². The van der Waals surface area contributed by atoms with Gasteiger partial charge in [0.2, 0.25) is 0 Å². The van der Waals surface area contributed by atoms with Crippen LogP contribution in [0.15, 0.2) is 45.9 Å². The fourth-order valence-electron chi connectivity index (χ4n) is 2.32. The SMILES string of the molecule is COC(=O)Cn1c(=NC(=O)c2c(F)cccc2F)sc2cc(Br)ccc21. The van der Waals surface area contributed by atoms with Crippen LogP contribution in [-0.4, -0.2) is 23.6 Å². The fraction of sp³-hybridized carbons (Fsp3) is 0.118. The highest BCUT2D eigenvalue weighted by Crippen LogP contribution is 2.22. The van der Waals surface area contributed by atoms with E-state index in [0.29, 0.717) is 5.52 Å². The molecule has 0 aliphatic carbocycles. The number of carbonyl (C=O) groups is 2. The number of fused-ring (bicyclic) bond motifs is 1. The molecule has 1 heterocycles. The summed E-state index contributed by atoms with van der Waals surface area (Å²) in [6, 6.07) is 8.43. The molecule has 9 heteroatoms. The largest absolute Gasteiger partial charge is 0.468 e. The molecule has 0 atom stereocenters. The van der Waals surface area contributed by atoms with Crippen molar-refractivity contribution in [2.45, 2.75) is 6.54 Å². The van der Waals surface area contributed by atoms with Gasteiger partial charge in [0.25, 0.3) is 5.91 Å². The summed E-state index contributed by atoms with van der Waals surface area (Å²) in [7, 11) is 1.24. The van der Waals surface area contributed by atoms with E-state index in [2.05, 4.69) is 25.7 Å². The molecule has 134 valence electrons. The van der Waals surface area contributed by atoms with Crippen molar-refractivity contribution < 1.29 is 23.1 Å². The van der Waals surface area contributed by atoms with Gasteiger partial charge in [-0.2, -0.15) is 4.99 Å². The number of thiazole rings is 1. The Labute approximate surface area is 158 Å². The van der Waals surface area contributed by atoms with Crippen molar-refractivity contribution in [3.63, 3.8) is 0 Å². The quantitative estimate of drug-likeness (QED) is 0.583. The predicted molar refractivity (Wildman–Crippen MR) is 95.8 cm³/mol. The standard InChI is InChI=1S/C17H11BrF2N2O3S/c1-25-14(23)8-22-12-6-5-9(18)7-13(12)26-17(22)21-16(24)15-10(19)3-2-4-11(15)20/h2-7H,8H2,1H3. The lowest BCUT2D eigenvalue weighted by molar-refractivity contribution is -0.141. The molecule has 5 nitrogen and oxygen atoms in total. The first-order valence-electron chi connectivity index (χ1n) is 7.29. The summed E-state index contributed by atoms with van der Waals surface area (Å²) >= 11 is 4.46. The van der Waals surface area contributed by atoms with Gasteiger partial charge >= 0.3 is 5.97 Å². The van der Waals surface area contributed by atoms with Crippen LogP contribution in [0, 0.1) is 11.6 Å². The summed E-state index contributed by atoms with van der Waals surface area (Å²) in [6.45, 7) is -0.190. The van der Waals surface area contributed by atoms with E-state index in [9.17, 15) is 18.4 Å². The van der Waals surface area contributed by atoms with E-state index in [1.165, 1.54) is 11.7 Å². The minimum atomic E-state index is -1.06. The van der Waals surface area contributed by atoms with Crippen LogP contribution in [0.5, 0.6) is 0 Å². The fourth-order valence-corrected chi connectivity index (χ4v) is 3.90. The van der Waals surface area contributed by atoms with Crippen molar-refractivity contribution in [1.82, 2.24) is 4.57 Å². The molecular weight excluding hydrogens is 430 g/mol. The summed E-state index contributed by atoms with van der Waals surface area (Å²) in [5.41, 5.74) is -0.0973. The highest BCUT2D eigenvalue weighted by Gasteiger charge is 2.18. The van der Waals surface area contributed by atoms with Gasteiger partial charge in [-0.05, 0) is 30.3 Å². The summed E-state index contributed by atoms with van der Waals surface area (Å²) < 4.78 is 35.3. The number of benzene rings is 2. The number of aromatic nitrogens is 1. The monoisotopic (exact) mass is 440 g/mol. The lowest BCUT2D eigenvalue weighted by Gasteiger charge is -2.04. The smallest absolute Gasteiger partial charge is 0.325 e. The van der Waals surface area contributed by atoms with Crippen LogP contribution >= 0.6 is 27.3 Å². The maximum atomic E-state index is 13.8. The molecule has 0 N–H and O–H groups in total. The Morgan fingerprint density at radius 2 is 1.92 bits per heavy atom. The number of halogens is 3. The number of hydrogen-bond acceptors (Lipinski definition) is 4. The second kappa shape index (κ2) is 7.46. The number of methoxy groups -OCH3 is 1. The first-order chi connectivity index (χ1) is 12.4. The Kier molecular flexibility index (Phi) is 5.28. The molecule has 0 aliphatic rings. The molecule has 0 saturated carbocycles. The molecule has 2 aromatic carbocycles. The minimum Gasteiger partial charge on any atom is -0.468 e. The summed E-state index contributed by atoms with van der Waals surface area (Å²) in [5, 5.41) is 0. The van der Waals surface area contributed by atoms with Gasteiger partial charge < -0.3 is 9.30 Å². The van der Waals surface area contributed by atoms with Gasteiger partial charge in [-0.25, -0.2) is 8.78 Å². The molecule has 1 aromatic heterocycles. The van der Waals surface area contributed by atoms with E-state index in [1.54, 1.807) is 18.2 Å². The van der Waals surface area contributed by atoms with E-state index in [4.69, 9.17) is 0 Å². The second-order valence-corrected chi connectivity index (χ2v) is 7.10. The third kappa shape index (κ3) is 3.58. The third-order valence-electron chi connectivity index (χ3n) is 3.53. The molecule has 0 bridgehead atoms. The molecule has 1 amide bonds. The number of nitrogens with zero attached hydrogens (tertiary/aromatic N) is 2. The number of rotatable bonds is 3. The zero-order chi connectivity index (χ0) is 18.8. The van der Waals surface area contributed by atoms with E-state index >= 15 is 0 Å². The third-order valence-corrected chi connectivity index (χ3v) is 5.07. The molecule has 0 unspecified atom stereocenters. The molecule has 0 radical (unpaired) electrons. The van der Waals surface area contributed by atoms with Crippen molar-refractivity contribution in [2.24, 2.45) is 4.99 Å².